The molecule has 2 nitrogen and oxygen atoms in total. The van der Waals surface area contributed by atoms with E-state index in [1.54, 1.807) is 0 Å². The molecule has 1 N–H and O–H groups in total. The van der Waals surface area contributed by atoms with Crippen molar-refractivity contribution in [3.8, 4) is 0 Å². The van der Waals surface area contributed by atoms with Crippen molar-refractivity contribution in [2.75, 3.05) is 16.8 Å². The van der Waals surface area contributed by atoms with E-state index in [-0.39, 0.29) is 5.91 Å². The summed E-state index contributed by atoms with van der Waals surface area (Å²) in [5.74, 6) is 4.97. The molecule has 0 spiro atoms. The number of carbonyl (C=O) groups excluding carboxylic acids is 1. The van der Waals surface area contributed by atoms with E-state index in [1.165, 1.54) is 56.1 Å². The van der Waals surface area contributed by atoms with E-state index in [1.807, 2.05) is 23.9 Å². The minimum absolute atomic E-state index is 0.143. The van der Waals surface area contributed by atoms with Crippen LogP contribution in [0.1, 0.15) is 56.1 Å². The Kier molecular flexibility index (Phi) is 4.87. The third kappa shape index (κ3) is 3.77. The zero-order valence-corrected chi connectivity index (χ0v) is 16.5. The fourth-order valence-corrected chi connectivity index (χ4v) is 7.10. The highest BCUT2D eigenvalue weighted by Crippen LogP contribution is 2.61. The highest BCUT2D eigenvalue weighted by atomic mass is 32.2. The lowest BCUT2D eigenvalue weighted by Crippen LogP contribution is -2.46. The molecule has 0 aliphatic heterocycles. The maximum Gasteiger partial charge on any atom is 0.234 e. The molecular weight excluding hydrogens is 326 g/mol. The van der Waals surface area contributed by atoms with Gasteiger partial charge in [-0.15, -0.1) is 0 Å². The zero-order valence-electron chi connectivity index (χ0n) is 15.6. The van der Waals surface area contributed by atoms with Gasteiger partial charge in [0.1, 0.15) is 0 Å². The summed E-state index contributed by atoms with van der Waals surface area (Å²) in [7, 11) is 0. The first kappa shape index (κ1) is 17.5. The van der Waals surface area contributed by atoms with Crippen molar-refractivity contribution in [3.63, 3.8) is 0 Å². The van der Waals surface area contributed by atoms with Gasteiger partial charge in [0.2, 0.25) is 5.91 Å². The number of carbonyl (C=O) groups is 1. The lowest BCUT2D eigenvalue weighted by atomic mass is 9.49. The van der Waals surface area contributed by atoms with Crippen LogP contribution >= 0.6 is 11.8 Å². The van der Waals surface area contributed by atoms with Gasteiger partial charge in [0.05, 0.1) is 5.75 Å². The average molecular weight is 358 g/mol. The summed E-state index contributed by atoms with van der Waals surface area (Å²) in [6.07, 6.45) is 10.3. The second kappa shape index (κ2) is 6.98. The van der Waals surface area contributed by atoms with Crippen molar-refractivity contribution in [2.45, 2.75) is 58.8 Å². The second-order valence-corrected chi connectivity index (χ2v) is 10.1. The topological polar surface area (TPSA) is 29.1 Å². The van der Waals surface area contributed by atoms with Crippen molar-refractivity contribution < 1.29 is 4.79 Å². The zero-order chi connectivity index (χ0) is 17.4. The molecule has 0 heterocycles. The average Bonchev–Trinajstić information content (AvgIpc) is 2.55. The molecule has 4 aliphatic carbocycles. The van der Waals surface area contributed by atoms with Gasteiger partial charge in [-0.3, -0.25) is 4.79 Å². The van der Waals surface area contributed by atoms with E-state index in [2.05, 4.69) is 25.2 Å². The summed E-state index contributed by atoms with van der Waals surface area (Å²) in [6, 6.07) is 6.10. The van der Waals surface area contributed by atoms with Gasteiger partial charge in [-0.2, -0.15) is 11.8 Å². The molecule has 0 saturated heterocycles. The molecule has 25 heavy (non-hydrogen) atoms. The van der Waals surface area contributed by atoms with Crippen LogP contribution in [0.3, 0.4) is 0 Å². The Morgan fingerprint density at radius 2 is 1.76 bits per heavy atom. The molecule has 4 aliphatic rings. The first-order chi connectivity index (χ1) is 12.0. The third-order valence-corrected chi connectivity index (χ3v) is 8.01. The Morgan fingerprint density at radius 1 is 1.12 bits per heavy atom. The Hall–Kier alpha value is -0.960. The highest BCUT2D eigenvalue weighted by Gasteiger charge is 2.50. The summed E-state index contributed by atoms with van der Waals surface area (Å²) in [6.45, 7) is 4.16. The van der Waals surface area contributed by atoms with E-state index >= 15 is 0 Å². The molecule has 0 unspecified atom stereocenters. The molecule has 4 bridgehead atoms. The Morgan fingerprint density at radius 3 is 2.40 bits per heavy atom. The number of hydrogen-bond acceptors (Lipinski definition) is 2. The second-order valence-electron chi connectivity index (χ2n) is 9.02. The van der Waals surface area contributed by atoms with Crippen LogP contribution in [0.15, 0.2) is 18.2 Å². The van der Waals surface area contributed by atoms with Crippen molar-refractivity contribution in [1.82, 2.24) is 0 Å². The van der Waals surface area contributed by atoms with E-state index in [0.29, 0.717) is 11.2 Å². The number of hydrogen-bond donors (Lipinski definition) is 1. The van der Waals surface area contributed by atoms with E-state index < -0.39 is 0 Å². The molecule has 0 aromatic heterocycles. The Balaban J connectivity index is 1.23. The maximum absolute atomic E-state index is 12.3. The predicted octanol–water partition coefficient (Wildman–Crippen LogP) is 5.58. The van der Waals surface area contributed by atoms with Gasteiger partial charge in [0.15, 0.2) is 0 Å². The van der Waals surface area contributed by atoms with Crippen LogP contribution in [0.2, 0.25) is 0 Å². The summed E-state index contributed by atoms with van der Waals surface area (Å²) in [5, 5.41) is 3.09. The number of anilines is 1. The molecule has 136 valence electrons. The minimum atomic E-state index is 0.143. The molecular formula is C22H31NOS. The number of nitrogens with one attached hydrogen (secondary N) is 1. The highest BCUT2D eigenvalue weighted by molar-refractivity contribution is 7.99. The third-order valence-electron chi connectivity index (χ3n) is 7.05. The van der Waals surface area contributed by atoms with Crippen LogP contribution in [-0.4, -0.2) is 17.4 Å². The lowest BCUT2D eigenvalue weighted by molar-refractivity contribution is -0.113. The largest absolute Gasteiger partial charge is 0.325 e. The van der Waals surface area contributed by atoms with Crippen LogP contribution in [0, 0.1) is 37.0 Å². The van der Waals surface area contributed by atoms with Gasteiger partial charge in [-0.25, -0.2) is 0 Å². The van der Waals surface area contributed by atoms with Crippen LogP contribution in [0.4, 0.5) is 5.69 Å². The van der Waals surface area contributed by atoms with Gasteiger partial charge in [0, 0.05) is 5.69 Å². The Bertz CT molecular complexity index is 618. The smallest absolute Gasteiger partial charge is 0.234 e. The van der Waals surface area contributed by atoms with Crippen LogP contribution in [0.25, 0.3) is 0 Å². The van der Waals surface area contributed by atoms with Crippen molar-refractivity contribution >= 4 is 23.4 Å². The lowest BCUT2D eigenvalue weighted by Gasteiger charge is -2.57. The SMILES string of the molecule is Cc1cccc(NC(=O)CSCCC23CC4CC(CC(C4)C2)C3)c1C. The number of amides is 1. The molecule has 1 aromatic carbocycles. The number of aryl methyl sites for hydroxylation is 1. The van der Waals surface area contributed by atoms with Gasteiger partial charge < -0.3 is 5.32 Å². The predicted molar refractivity (Wildman–Crippen MR) is 107 cm³/mol. The van der Waals surface area contributed by atoms with Crippen molar-refractivity contribution in [3.05, 3.63) is 29.3 Å². The van der Waals surface area contributed by atoms with E-state index in [9.17, 15) is 4.79 Å². The molecule has 0 atom stereocenters. The summed E-state index contributed by atoms with van der Waals surface area (Å²) in [4.78, 5) is 12.3. The molecule has 0 radical (unpaired) electrons. The van der Waals surface area contributed by atoms with E-state index in [4.69, 9.17) is 0 Å². The van der Waals surface area contributed by atoms with Gasteiger partial charge in [-0.1, -0.05) is 12.1 Å². The number of rotatable bonds is 6. The molecule has 5 rings (SSSR count). The monoisotopic (exact) mass is 357 g/mol. The van der Waals surface area contributed by atoms with Gasteiger partial charge in [-0.05, 0) is 105 Å². The van der Waals surface area contributed by atoms with Crippen LogP contribution in [0.5, 0.6) is 0 Å². The quantitative estimate of drug-likeness (QED) is 0.673. The fraction of sp³-hybridized carbons (Fsp3) is 0.682. The Labute approximate surface area is 156 Å². The number of thioether (sulfide) groups is 1. The van der Waals surface area contributed by atoms with Crippen LogP contribution in [-0.2, 0) is 4.79 Å². The normalized spacial score (nSPS) is 32.8. The summed E-state index contributed by atoms with van der Waals surface area (Å²) < 4.78 is 0. The fourth-order valence-electron chi connectivity index (χ4n) is 6.12. The summed E-state index contributed by atoms with van der Waals surface area (Å²) in [5.41, 5.74) is 4.01. The van der Waals surface area contributed by atoms with Crippen molar-refractivity contribution in [1.29, 1.82) is 0 Å². The molecule has 1 aromatic rings. The molecule has 3 heteroatoms. The molecule has 4 saturated carbocycles. The molecule has 4 fully saturated rings. The molecule has 1 amide bonds. The van der Waals surface area contributed by atoms with Crippen LogP contribution < -0.4 is 5.32 Å². The maximum atomic E-state index is 12.3. The standard InChI is InChI=1S/C22H31NOS/c1-15-4-3-5-20(16(15)2)23-21(24)14-25-7-6-22-11-17-8-18(12-22)10-19(9-17)13-22/h3-5,17-19H,6-14H2,1-2H3,(H,23,24). The van der Waals surface area contributed by atoms with E-state index in [0.717, 1.165) is 29.2 Å². The van der Waals surface area contributed by atoms with Crippen molar-refractivity contribution in [2.24, 2.45) is 23.2 Å². The first-order valence-corrected chi connectivity index (χ1v) is 11.1. The minimum Gasteiger partial charge on any atom is -0.325 e. The number of benzene rings is 1. The first-order valence-electron chi connectivity index (χ1n) is 9.97. The van der Waals surface area contributed by atoms with Gasteiger partial charge >= 0.3 is 0 Å². The summed E-state index contributed by atoms with van der Waals surface area (Å²) >= 11 is 1.83. The van der Waals surface area contributed by atoms with Gasteiger partial charge in [0.25, 0.3) is 0 Å².